The molecule has 2 heterocycles. The molecule has 1 saturated carbocycles. The fourth-order valence-electron chi connectivity index (χ4n) is 4.96. The summed E-state index contributed by atoms with van der Waals surface area (Å²) in [5.41, 5.74) is 1.68. The smallest absolute Gasteiger partial charge is 0.344 e. The minimum absolute atomic E-state index is 0.00953. The van der Waals surface area contributed by atoms with Gasteiger partial charge in [-0.25, -0.2) is 14.4 Å². The van der Waals surface area contributed by atoms with Crippen LogP contribution in [0.3, 0.4) is 0 Å². The SMILES string of the molecule is CCOP(=O)(CN1CCN(C/C=C/C(=O)Nc2cc3c(Nc4ccc(F)c(Cl)c4)ncnc3cc2OCC2CC2)CC1)OCC. The summed E-state index contributed by atoms with van der Waals surface area (Å²) in [6.07, 6.45) is 7.30. The standard InChI is InChI=1S/C31H39ClFN6O5P/c1-3-43-45(41,44-4-2)21-39-14-12-38(13-15-39)11-5-6-30(40)37-28-17-24-27(18-29(28)42-19-22-7-8-22)34-20-35-31(24)36-23-9-10-26(33)25(32)16-23/h5-6,9-10,16-18,20,22H,3-4,7-8,11-15,19,21H2,1-2H3,(H,37,40)(H,34,35,36)/b6-5+. The number of carbonyl (C=O) groups is 1. The Morgan fingerprint density at radius 1 is 1.09 bits per heavy atom. The third-order valence-corrected chi connectivity index (χ3v) is 9.81. The molecule has 2 aromatic carbocycles. The maximum Gasteiger partial charge on any atom is 0.344 e. The molecule has 1 aliphatic heterocycles. The molecule has 2 N–H and O–H groups in total. The van der Waals surface area contributed by atoms with Crippen LogP contribution in [0.2, 0.25) is 5.02 Å². The van der Waals surface area contributed by atoms with Gasteiger partial charge in [-0.1, -0.05) is 17.7 Å². The van der Waals surface area contributed by atoms with Gasteiger partial charge in [0.2, 0.25) is 5.91 Å². The minimum atomic E-state index is -3.13. The van der Waals surface area contributed by atoms with E-state index in [1.165, 1.54) is 24.5 Å². The minimum Gasteiger partial charge on any atom is -0.491 e. The van der Waals surface area contributed by atoms with Crippen LogP contribution in [0, 0.1) is 11.7 Å². The zero-order valence-electron chi connectivity index (χ0n) is 25.5. The third-order valence-electron chi connectivity index (χ3n) is 7.47. The van der Waals surface area contributed by atoms with E-state index in [4.69, 9.17) is 25.4 Å². The van der Waals surface area contributed by atoms with E-state index in [1.807, 2.05) is 19.9 Å². The van der Waals surface area contributed by atoms with Crippen molar-refractivity contribution in [3.8, 4) is 5.75 Å². The lowest BCUT2D eigenvalue weighted by Crippen LogP contribution is -2.46. The van der Waals surface area contributed by atoms with Crippen LogP contribution < -0.4 is 15.4 Å². The first-order valence-corrected chi connectivity index (χ1v) is 17.3. The molecule has 1 aliphatic carbocycles. The number of ether oxygens (including phenoxy) is 1. The molecule has 1 aromatic heterocycles. The zero-order valence-corrected chi connectivity index (χ0v) is 27.2. The van der Waals surface area contributed by atoms with Crippen molar-refractivity contribution in [1.29, 1.82) is 0 Å². The van der Waals surface area contributed by atoms with Crippen molar-refractivity contribution in [1.82, 2.24) is 19.8 Å². The molecule has 3 aromatic rings. The number of amides is 1. The highest BCUT2D eigenvalue weighted by molar-refractivity contribution is 7.53. The number of aromatic nitrogens is 2. The number of anilines is 3. The molecular weight excluding hydrogens is 622 g/mol. The van der Waals surface area contributed by atoms with Crippen LogP contribution in [-0.4, -0.2) is 84.5 Å². The third kappa shape index (κ3) is 9.45. The van der Waals surface area contributed by atoms with E-state index in [0.717, 1.165) is 39.0 Å². The summed E-state index contributed by atoms with van der Waals surface area (Å²) < 4.78 is 43.5. The number of fused-ring (bicyclic) bond motifs is 1. The fourth-order valence-corrected chi connectivity index (χ4v) is 6.94. The van der Waals surface area contributed by atoms with Gasteiger partial charge in [0, 0.05) is 55.9 Å². The van der Waals surface area contributed by atoms with E-state index >= 15 is 0 Å². The zero-order chi connectivity index (χ0) is 31.8. The van der Waals surface area contributed by atoms with Crippen molar-refractivity contribution < 1.29 is 27.5 Å². The average Bonchev–Trinajstić information content (AvgIpc) is 3.84. The van der Waals surface area contributed by atoms with Crippen molar-refractivity contribution in [2.24, 2.45) is 5.92 Å². The highest BCUT2D eigenvalue weighted by Gasteiger charge is 2.29. The van der Waals surface area contributed by atoms with Gasteiger partial charge in [0.25, 0.3) is 0 Å². The number of halogens is 2. The van der Waals surface area contributed by atoms with Gasteiger partial charge in [0.05, 0.1) is 36.0 Å². The number of piperazine rings is 1. The predicted molar refractivity (Wildman–Crippen MR) is 174 cm³/mol. The van der Waals surface area contributed by atoms with Gasteiger partial charge in [0.1, 0.15) is 30.0 Å². The maximum atomic E-state index is 13.7. The molecule has 2 aliphatic rings. The molecular formula is C31H39ClFN6O5P. The second-order valence-corrected chi connectivity index (χ2v) is 13.4. The number of benzene rings is 2. The number of hydrogen-bond donors (Lipinski definition) is 2. The van der Waals surface area contributed by atoms with Crippen LogP contribution in [0.15, 0.2) is 48.8 Å². The summed E-state index contributed by atoms with van der Waals surface area (Å²) in [7, 11) is -3.13. The van der Waals surface area contributed by atoms with E-state index < -0.39 is 13.4 Å². The molecule has 0 spiro atoms. The average molecular weight is 661 g/mol. The first-order chi connectivity index (χ1) is 21.7. The van der Waals surface area contributed by atoms with Gasteiger partial charge in [-0.3, -0.25) is 19.2 Å². The van der Waals surface area contributed by atoms with Crippen molar-refractivity contribution in [2.45, 2.75) is 26.7 Å². The molecule has 0 atom stereocenters. The fraction of sp³-hybridized carbons (Fsp3) is 0.452. The Balaban J connectivity index is 1.23. The lowest BCUT2D eigenvalue weighted by atomic mass is 10.1. The molecule has 1 amide bonds. The topological polar surface area (TPSA) is 118 Å². The number of rotatable bonds is 15. The summed E-state index contributed by atoms with van der Waals surface area (Å²) in [6, 6.07) is 7.89. The Labute approximate surface area is 267 Å². The van der Waals surface area contributed by atoms with Crippen LogP contribution >= 0.6 is 19.2 Å². The number of nitrogens with one attached hydrogen (secondary N) is 2. The molecule has 242 valence electrons. The second-order valence-electron chi connectivity index (χ2n) is 11.0. The Morgan fingerprint density at radius 3 is 2.51 bits per heavy atom. The van der Waals surface area contributed by atoms with E-state index in [1.54, 1.807) is 18.2 Å². The molecule has 0 radical (unpaired) electrons. The summed E-state index contributed by atoms with van der Waals surface area (Å²) in [6.45, 7) is 8.45. The van der Waals surface area contributed by atoms with Gasteiger partial charge in [-0.05, 0) is 56.9 Å². The van der Waals surface area contributed by atoms with Gasteiger partial charge in [-0.2, -0.15) is 0 Å². The lowest BCUT2D eigenvalue weighted by molar-refractivity contribution is -0.111. The van der Waals surface area contributed by atoms with E-state index in [2.05, 4.69) is 30.4 Å². The van der Waals surface area contributed by atoms with Crippen LogP contribution in [0.4, 0.5) is 21.6 Å². The Kier molecular flexibility index (Phi) is 11.4. The first kappa shape index (κ1) is 33.2. The molecule has 0 unspecified atom stereocenters. The van der Waals surface area contributed by atoms with Crippen LogP contribution in [-0.2, 0) is 18.4 Å². The summed E-state index contributed by atoms with van der Waals surface area (Å²) in [5.74, 6) is 0.703. The van der Waals surface area contributed by atoms with Gasteiger partial charge in [0.15, 0.2) is 0 Å². The monoisotopic (exact) mass is 660 g/mol. The van der Waals surface area contributed by atoms with Gasteiger partial charge >= 0.3 is 7.60 Å². The maximum absolute atomic E-state index is 13.7. The molecule has 45 heavy (non-hydrogen) atoms. The quantitative estimate of drug-likeness (QED) is 0.142. The highest BCUT2D eigenvalue weighted by atomic mass is 35.5. The van der Waals surface area contributed by atoms with Crippen molar-refractivity contribution in [2.75, 3.05) is 69.5 Å². The molecule has 5 rings (SSSR count). The van der Waals surface area contributed by atoms with Crippen LogP contribution in [0.25, 0.3) is 10.9 Å². The van der Waals surface area contributed by atoms with E-state index in [0.29, 0.717) is 66.1 Å². The van der Waals surface area contributed by atoms with E-state index in [9.17, 15) is 13.8 Å². The first-order valence-electron chi connectivity index (χ1n) is 15.2. The molecule has 2 fully saturated rings. The number of carbonyl (C=O) groups excluding carboxylic acids is 1. The van der Waals surface area contributed by atoms with Crippen molar-refractivity contribution in [3.63, 3.8) is 0 Å². The molecule has 0 bridgehead atoms. The normalized spacial score (nSPS) is 16.4. The summed E-state index contributed by atoms with van der Waals surface area (Å²) in [5, 5.41) is 6.76. The van der Waals surface area contributed by atoms with Crippen LogP contribution in [0.5, 0.6) is 5.75 Å². The number of nitrogens with zero attached hydrogens (tertiary/aromatic N) is 4. The summed E-state index contributed by atoms with van der Waals surface area (Å²) in [4.78, 5) is 26.1. The van der Waals surface area contributed by atoms with Gasteiger partial charge < -0.3 is 24.4 Å². The Hall–Kier alpha value is -3.12. The largest absolute Gasteiger partial charge is 0.491 e. The van der Waals surface area contributed by atoms with E-state index in [-0.39, 0.29) is 17.2 Å². The van der Waals surface area contributed by atoms with Crippen LogP contribution in [0.1, 0.15) is 26.7 Å². The predicted octanol–water partition coefficient (Wildman–Crippen LogP) is 6.29. The lowest BCUT2D eigenvalue weighted by Gasteiger charge is -2.35. The van der Waals surface area contributed by atoms with Gasteiger partial charge in [-0.15, -0.1) is 0 Å². The van der Waals surface area contributed by atoms with Crippen molar-refractivity contribution in [3.05, 3.63) is 59.7 Å². The summed E-state index contributed by atoms with van der Waals surface area (Å²) >= 11 is 5.97. The Bertz CT molecular complexity index is 1560. The molecule has 14 heteroatoms. The molecule has 1 saturated heterocycles. The number of hydrogen-bond acceptors (Lipinski definition) is 10. The highest BCUT2D eigenvalue weighted by Crippen LogP contribution is 2.48. The molecule has 11 nitrogen and oxygen atoms in total. The Morgan fingerprint density at radius 2 is 1.82 bits per heavy atom. The van der Waals surface area contributed by atoms with Crippen molar-refractivity contribution >= 4 is 53.2 Å². The second kappa shape index (κ2) is 15.4.